The standard InChI is InChI=1S/C28H27F2N7O3/c1-31-20-7-14(29)6-15-22-24(37-11-19(30)21(12-37)35(2)3)17(9-32-26(22)34-23(15)20)13-5-16-25(38)18(28(39)40)10-36(4)27(16)33-8-13/h5-10,19,21,31H,11-12H2,1-4H3,(H,32,34)(H,39,40)/t19-,21?/m0/s1. The number of nitrogens with zero attached hydrogens (tertiary/aromatic N) is 5. The Hall–Kier alpha value is -4.58. The van der Waals surface area contributed by atoms with E-state index in [1.54, 1.807) is 32.6 Å². The van der Waals surface area contributed by atoms with Crippen LogP contribution in [0.3, 0.4) is 0 Å². The van der Waals surface area contributed by atoms with Gasteiger partial charge in [0.15, 0.2) is 0 Å². The zero-order chi connectivity index (χ0) is 28.5. The SMILES string of the molecule is CNc1cc(F)cc2c1[nH]c1ncc(-c3cnc4c(c3)c(=O)c(C(=O)O)cn4C)c(N3CC(N(C)C)[C@@H](F)C3)c12. The number of carbonyl (C=O) groups is 1. The van der Waals surface area contributed by atoms with E-state index in [-0.39, 0.29) is 23.5 Å². The maximum absolute atomic E-state index is 15.3. The Morgan fingerprint density at radius 3 is 2.62 bits per heavy atom. The zero-order valence-electron chi connectivity index (χ0n) is 22.3. The maximum Gasteiger partial charge on any atom is 0.341 e. The second-order valence-electron chi connectivity index (χ2n) is 10.3. The number of hydrogen-bond donors (Lipinski definition) is 3. The van der Waals surface area contributed by atoms with Crippen molar-refractivity contribution in [3.8, 4) is 11.1 Å². The number of H-pyrrole nitrogens is 1. The molecule has 10 nitrogen and oxygen atoms in total. The molecule has 0 amide bonds. The van der Waals surface area contributed by atoms with Gasteiger partial charge in [0, 0.05) is 55.7 Å². The van der Waals surface area contributed by atoms with Crippen LogP contribution in [0.2, 0.25) is 0 Å². The van der Waals surface area contributed by atoms with E-state index in [4.69, 9.17) is 0 Å². The molecule has 1 aliphatic heterocycles. The average Bonchev–Trinajstić information content (AvgIpc) is 3.49. The molecule has 3 N–H and O–H groups in total. The number of hydrogen-bond acceptors (Lipinski definition) is 7. The second-order valence-corrected chi connectivity index (χ2v) is 10.3. The minimum absolute atomic E-state index is 0.0990. The smallest absolute Gasteiger partial charge is 0.341 e. The quantitative estimate of drug-likeness (QED) is 0.306. The fraction of sp³-hybridized carbons (Fsp3) is 0.286. The highest BCUT2D eigenvalue weighted by molar-refractivity contribution is 6.18. The molecule has 0 aliphatic carbocycles. The molecule has 1 aromatic carbocycles. The molecule has 1 unspecified atom stereocenters. The lowest BCUT2D eigenvalue weighted by molar-refractivity contribution is 0.0695. The Kier molecular flexibility index (Phi) is 5.95. The third kappa shape index (κ3) is 3.86. The van der Waals surface area contributed by atoms with Crippen molar-refractivity contribution in [3.05, 3.63) is 58.4 Å². The van der Waals surface area contributed by atoms with Crippen LogP contribution in [0.15, 0.2) is 41.6 Å². The van der Waals surface area contributed by atoms with Crippen LogP contribution in [0.4, 0.5) is 20.2 Å². The summed E-state index contributed by atoms with van der Waals surface area (Å²) in [5.41, 5.74) is 2.68. The summed E-state index contributed by atoms with van der Waals surface area (Å²) in [6.45, 7) is 0.467. The van der Waals surface area contributed by atoms with Gasteiger partial charge < -0.3 is 29.8 Å². The highest BCUT2D eigenvalue weighted by Gasteiger charge is 2.37. The number of aryl methyl sites for hydroxylation is 1. The molecule has 5 heterocycles. The number of carboxylic acids is 1. The minimum Gasteiger partial charge on any atom is -0.477 e. The number of anilines is 2. The number of benzene rings is 1. The van der Waals surface area contributed by atoms with Gasteiger partial charge in [-0.3, -0.25) is 4.79 Å². The lowest BCUT2D eigenvalue weighted by Gasteiger charge is -2.24. The first-order valence-corrected chi connectivity index (χ1v) is 12.7. The van der Waals surface area contributed by atoms with Gasteiger partial charge in [0.05, 0.1) is 40.3 Å². The van der Waals surface area contributed by atoms with E-state index in [0.29, 0.717) is 56.6 Å². The van der Waals surface area contributed by atoms with Crippen molar-refractivity contribution >= 4 is 50.3 Å². The van der Waals surface area contributed by atoms with Crippen LogP contribution in [0.25, 0.3) is 44.1 Å². The van der Waals surface area contributed by atoms with Crippen molar-refractivity contribution in [1.82, 2.24) is 24.4 Å². The number of aromatic nitrogens is 4. The molecule has 0 saturated carbocycles. The molecule has 206 valence electrons. The van der Waals surface area contributed by atoms with E-state index >= 15 is 4.39 Å². The Morgan fingerprint density at radius 1 is 1.18 bits per heavy atom. The fourth-order valence-electron chi connectivity index (χ4n) is 5.73. The normalized spacial score (nSPS) is 17.5. The fourth-order valence-corrected chi connectivity index (χ4v) is 5.73. The van der Waals surface area contributed by atoms with Gasteiger partial charge in [0.2, 0.25) is 5.43 Å². The van der Waals surface area contributed by atoms with Gasteiger partial charge >= 0.3 is 5.97 Å². The second kappa shape index (κ2) is 9.26. The van der Waals surface area contributed by atoms with Crippen molar-refractivity contribution in [2.75, 3.05) is 44.4 Å². The third-order valence-electron chi connectivity index (χ3n) is 7.69. The number of aromatic amines is 1. The lowest BCUT2D eigenvalue weighted by Crippen LogP contribution is -2.36. The van der Waals surface area contributed by atoms with Crippen LogP contribution in [0, 0.1) is 5.82 Å². The summed E-state index contributed by atoms with van der Waals surface area (Å²) in [5.74, 6) is -1.78. The van der Waals surface area contributed by atoms with Crippen molar-refractivity contribution in [3.63, 3.8) is 0 Å². The number of carboxylic acid groups (broad SMARTS) is 1. The molecule has 0 radical (unpaired) electrons. The molecular formula is C28H27F2N7O3. The minimum atomic E-state index is -1.33. The number of fused-ring (bicyclic) bond motifs is 4. The van der Waals surface area contributed by atoms with Crippen LogP contribution < -0.4 is 15.6 Å². The highest BCUT2D eigenvalue weighted by Crippen LogP contribution is 2.43. The van der Waals surface area contributed by atoms with E-state index in [1.807, 2.05) is 23.9 Å². The molecule has 4 aromatic heterocycles. The summed E-state index contributed by atoms with van der Waals surface area (Å²) in [4.78, 5) is 40.9. The summed E-state index contributed by atoms with van der Waals surface area (Å²) in [7, 11) is 6.97. The molecule has 6 rings (SSSR count). The van der Waals surface area contributed by atoms with E-state index < -0.39 is 23.4 Å². The molecular weight excluding hydrogens is 520 g/mol. The van der Waals surface area contributed by atoms with Crippen LogP contribution in [0.1, 0.15) is 10.4 Å². The topological polar surface area (TPSA) is 119 Å². The number of nitrogens with one attached hydrogen (secondary N) is 2. The number of aromatic carboxylic acids is 1. The predicted molar refractivity (Wildman–Crippen MR) is 151 cm³/mol. The first kappa shape index (κ1) is 25.7. The first-order valence-electron chi connectivity index (χ1n) is 12.7. The van der Waals surface area contributed by atoms with Gasteiger partial charge in [0.1, 0.15) is 28.8 Å². The molecule has 2 atom stereocenters. The average molecular weight is 548 g/mol. The van der Waals surface area contributed by atoms with Crippen LogP contribution in [-0.4, -0.2) is 81.9 Å². The molecule has 5 aromatic rings. The van der Waals surface area contributed by atoms with Crippen LogP contribution in [-0.2, 0) is 7.05 Å². The number of pyridine rings is 3. The summed E-state index contributed by atoms with van der Waals surface area (Å²) < 4.78 is 31.5. The van der Waals surface area contributed by atoms with Gasteiger partial charge in [0.25, 0.3) is 0 Å². The van der Waals surface area contributed by atoms with Gasteiger partial charge in [-0.25, -0.2) is 23.5 Å². The zero-order valence-corrected chi connectivity index (χ0v) is 22.3. The predicted octanol–water partition coefficient (Wildman–Crippen LogP) is 3.60. The van der Waals surface area contributed by atoms with E-state index in [0.717, 1.165) is 0 Å². The van der Waals surface area contributed by atoms with Gasteiger partial charge in [-0.05, 0) is 32.3 Å². The molecule has 1 saturated heterocycles. The number of alkyl halides is 1. The van der Waals surface area contributed by atoms with Crippen molar-refractivity contribution in [2.45, 2.75) is 12.2 Å². The molecule has 40 heavy (non-hydrogen) atoms. The van der Waals surface area contributed by atoms with Gasteiger partial charge in [-0.2, -0.15) is 0 Å². The van der Waals surface area contributed by atoms with E-state index in [1.165, 1.54) is 22.9 Å². The van der Waals surface area contributed by atoms with Crippen LogP contribution >= 0.6 is 0 Å². The number of likely N-dealkylation sites (N-methyl/N-ethyl adjacent to an activating group) is 1. The Morgan fingerprint density at radius 2 is 1.95 bits per heavy atom. The Balaban J connectivity index is 1.68. The number of rotatable bonds is 5. The van der Waals surface area contributed by atoms with Gasteiger partial charge in [-0.15, -0.1) is 0 Å². The van der Waals surface area contributed by atoms with Crippen molar-refractivity contribution in [2.24, 2.45) is 7.05 Å². The summed E-state index contributed by atoms with van der Waals surface area (Å²) in [5, 5.41) is 13.9. The molecule has 0 bridgehead atoms. The first-order chi connectivity index (χ1) is 19.1. The molecule has 1 fully saturated rings. The summed E-state index contributed by atoms with van der Waals surface area (Å²) in [6, 6.07) is 4.02. The maximum atomic E-state index is 15.3. The van der Waals surface area contributed by atoms with Gasteiger partial charge in [-0.1, -0.05) is 0 Å². The van der Waals surface area contributed by atoms with Crippen LogP contribution in [0.5, 0.6) is 0 Å². The van der Waals surface area contributed by atoms with Crippen molar-refractivity contribution < 1.29 is 18.7 Å². The lowest BCUT2D eigenvalue weighted by atomic mass is 10.0. The largest absolute Gasteiger partial charge is 0.477 e. The van der Waals surface area contributed by atoms with Crippen molar-refractivity contribution in [1.29, 1.82) is 0 Å². The third-order valence-corrected chi connectivity index (χ3v) is 7.69. The summed E-state index contributed by atoms with van der Waals surface area (Å²) >= 11 is 0. The Labute approximate surface area is 226 Å². The molecule has 0 spiro atoms. The van der Waals surface area contributed by atoms with E-state index in [9.17, 15) is 19.1 Å². The highest BCUT2D eigenvalue weighted by atomic mass is 19.1. The Bertz CT molecular complexity index is 1900. The summed E-state index contributed by atoms with van der Waals surface area (Å²) in [6.07, 6.45) is 3.30. The monoisotopic (exact) mass is 547 g/mol. The molecule has 1 aliphatic rings. The molecule has 12 heteroatoms. The van der Waals surface area contributed by atoms with E-state index in [2.05, 4.69) is 20.3 Å². The number of halogens is 2.